The van der Waals surface area contributed by atoms with Crippen LogP contribution in [-0.4, -0.2) is 20.2 Å². The molecule has 1 N–H and O–H groups in total. The Morgan fingerprint density at radius 2 is 1.41 bits per heavy atom. The lowest BCUT2D eigenvalue weighted by Crippen LogP contribution is -2.29. The topological polar surface area (TPSA) is 83.6 Å². The number of anilines is 1. The van der Waals surface area contributed by atoms with Gasteiger partial charge in [0, 0.05) is 18.9 Å². The number of carbonyl (C=O) groups excluding carboxylic acids is 2. The van der Waals surface area contributed by atoms with Crippen molar-refractivity contribution in [2.24, 2.45) is 0 Å². The highest BCUT2D eigenvalue weighted by Crippen LogP contribution is 2.26. The number of imide groups is 1. The zero-order valence-corrected chi connectivity index (χ0v) is 17.9. The maximum Gasteiger partial charge on any atom is 0.241 e. The second kappa shape index (κ2) is 7.72. The van der Waals surface area contributed by atoms with Crippen LogP contribution in [0.2, 0.25) is 0 Å². The molecule has 0 bridgehead atoms. The molecule has 0 aromatic heterocycles. The molecule has 6 nitrogen and oxygen atoms in total. The molecule has 0 radical (unpaired) electrons. The lowest BCUT2D eigenvalue weighted by molar-refractivity contribution is -0.121. The van der Waals surface area contributed by atoms with Gasteiger partial charge in [-0.3, -0.25) is 14.5 Å². The number of amides is 2. The van der Waals surface area contributed by atoms with E-state index in [0.717, 1.165) is 10.5 Å². The number of hydrogen-bond acceptors (Lipinski definition) is 4. The van der Waals surface area contributed by atoms with Gasteiger partial charge in [-0.05, 0) is 47.7 Å². The minimum atomic E-state index is -3.75. The van der Waals surface area contributed by atoms with E-state index in [-0.39, 0.29) is 35.0 Å². The molecular weight excluding hydrogens is 388 g/mol. The average Bonchev–Trinajstić information content (AvgIpc) is 2.99. The summed E-state index contributed by atoms with van der Waals surface area (Å²) in [5.74, 6) is -0.535. The summed E-state index contributed by atoms with van der Waals surface area (Å²) in [7, 11) is -3.75. The number of rotatable bonds is 5. The molecule has 0 aliphatic carbocycles. The van der Waals surface area contributed by atoms with Crippen molar-refractivity contribution in [1.29, 1.82) is 0 Å². The smallest absolute Gasteiger partial charge is 0.241 e. The molecule has 0 unspecified atom stereocenters. The molecule has 7 heteroatoms. The van der Waals surface area contributed by atoms with Crippen molar-refractivity contribution in [3.63, 3.8) is 0 Å². The maximum atomic E-state index is 12.7. The minimum absolute atomic E-state index is 0.0289. The van der Waals surface area contributed by atoms with E-state index in [1.165, 1.54) is 29.8 Å². The van der Waals surface area contributed by atoms with Gasteiger partial charge in [-0.2, -0.15) is 0 Å². The van der Waals surface area contributed by atoms with Gasteiger partial charge in [-0.1, -0.05) is 45.0 Å². The van der Waals surface area contributed by atoms with Crippen LogP contribution in [0, 0.1) is 0 Å². The van der Waals surface area contributed by atoms with Crippen LogP contribution >= 0.6 is 0 Å². The van der Waals surface area contributed by atoms with E-state index in [1.807, 2.05) is 24.3 Å². The van der Waals surface area contributed by atoms with Crippen molar-refractivity contribution in [3.8, 4) is 0 Å². The summed E-state index contributed by atoms with van der Waals surface area (Å²) in [6.45, 7) is 8.17. The van der Waals surface area contributed by atoms with Crippen LogP contribution in [0.3, 0.4) is 0 Å². The molecule has 0 saturated carbocycles. The molecule has 1 aliphatic rings. The Bertz CT molecular complexity index is 1000. The lowest BCUT2D eigenvalue weighted by atomic mass is 9.86. The van der Waals surface area contributed by atoms with Gasteiger partial charge in [0.15, 0.2) is 0 Å². The van der Waals surface area contributed by atoms with E-state index in [4.69, 9.17) is 0 Å². The zero-order chi connectivity index (χ0) is 21.4. The van der Waals surface area contributed by atoms with Crippen LogP contribution in [0.5, 0.6) is 0 Å². The minimum Gasteiger partial charge on any atom is -0.274 e. The molecule has 2 aromatic rings. The normalized spacial score (nSPS) is 16.3. The number of hydrogen-bond donors (Lipinski definition) is 1. The zero-order valence-electron chi connectivity index (χ0n) is 17.1. The number of carbonyl (C=O) groups is 2. The number of nitrogens with zero attached hydrogens (tertiary/aromatic N) is 1. The lowest BCUT2D eigenvalue weighted by Gasteiger charge is -2.21. The van der Waals surface area contributed by atoms with Crippen molar-refractivity contribution >= 4 is 27.5 Å². The molecule has 1 fully saturated rings. The second-order valence-corrected chi connectivity index (χ2v) is 10.0. The Balaban J connectivity index is 1.75. The fourth-order valence-corrected chi connectivity index (χ4v) is 4.51. The van der Waals surface area contributed by atoms with Gasteiger partial charge < -0.3 is 0 Å². The Hall–Kier alpha value is -2.51. The molecule has 29 heavy (non-hydrogen) atoms. The summed E-state index contributed by atoms with van der Waals surface area (Å²) in [5, 5.41) is 0. The largest absolute Gasteiger partial charge is 0.274 e. The highest BCUT2D eigenvalue weighted by molar-refractivity contribution is 7.89. The first-order valence-corrected chi connectivity index (χ1v) is 11.1. The number of sulfonamides is 1. The van der Waals surface area contributed by atoms with Gasteiger partial charge in [0.05, 0.1) is 10.6 Å². The fourth-order valence-electron chi connectivity index (χ4n) is 3.28. The summed E-state index contributed by atoms with van der Waals surface area (Å²) in [6.07, 6.45) is 0.373. The highest BCUT2D eigenvalue weighted by atomic mass is 32.2. The van der Waals surface area contributed by atoms with Crippen LogP contribution < -0.4 is 9.62 Å². The average molecular weight is 415 g/mol. The van der Waals surface area contributed by atoms with Gasteiger partial charge in [-0.15, -0.1) is 0 Å². The third kappa shape index (κ3) is 4.57. The molecule has 2 amide bonds. The van der Waals surface area contributed by atoms with Crippen molar-refractivity contribution in [3.05, 3.63) is 59.7 Å². The SMILES string of the molecule is C[C@H](NS(=O)(=O)c1ccc(N2C(=O)CCC2=O)cc1)c1ccc(C(C)(C)C)cc1. The van der Waals surface area contributed by atoms with E-state index < -0.39 is 16.1 Å². The van der Waals surface area contributed by atoms with E-state index >= 15 is 0 Å². The Kier molecular flexibility index (Phi) is 5.65. The van der Waals surface area contributed by atoms with Gasteiger partial charge in [0.2, 0.25) is 21.8 Å². The van der Waals surface area contributed by atoms with Gasteiger partial charge >= 0.3 is 0 Å². The maximum absolute atomic E-state index is 12.7. The molecule has 2 aromatic carbocycles. The summed E-state index contributed by atoms with van der Waals surface area (Å²) >= 11 is 0. The standard InChI is InChI=1S/C22H26N2O4S/c1-15(16-5-7-17(8-6-16)22(2,3)4)23-29(27,28)19-11-9-18(10-12-19)24-20(25)13-14-21(24)26/h5-12,15,23H,13-14H2,1-4H3/t15-/m0/s1. The monoisotopic (exact) mass is 414 g/mol. The third-order valence-corrected chi connectivity index (χ3v) is 6.62. The fraction of sp³-hybridized carbons (Fsp3) is 0.364. The molecule has 154 valence electrons. The first kappa shape index (κ1) is 21.2. The number of nitrogens with one attached hydrogen (secondary N) is 1. The van der Waals surface area contributed by atoms with E-state index in [2.05, 4.69) is 25.5 Å². The second-order valence-electron chi connectivity index (χ2n) is 8.33. The summed E-state index contributed by atoms with van der Waals surface area (Å²) in [6, 6.07) is 13.3. The Morgan fingerprint density at radius 3 is 1.90 bits per heavy atom. The van der Waals surface area contributed by atoms with Gasteiger partial charge in [0.1, 0.15) is 0 Å². The van der Waals surface area contributed by atoms with E-state index in [9.17, 15) is 18.0 Å². The van der Waals surface area contributed by atoms with Crippen LogP contribution in [0.1, 0.15) is 57.7 Å². The number of benzene rings is 2. The van der Waals surface area contributed by atoms with Crippen molar-refractivity contribution < 1.29 is 18.0 Å². The molecule has 1 aliphatic heterocycles. The summed E-state index contributed by atoms with van der Waals surface area (Å²) in [4.78, 5) is 24.8. The van der Waals surface area contributed by atoms with E-state index in [1.54, 1.807) is 6.92 Å². The quantitative estimate of drug-likeness (QED) is 0.757. The molecule has 0 spiro atoms. The van der Waals surface area contributed by atoms with Crippen LogP contribution in [-0.2, 0) is 25.0 Å². The van der Waals surface area contributed by atoms with Crippen molar-refractivity contribution in [1.82, 2.24) is 4.72 Å². The van der Waals surface area contributed by atoms with Crippen LogP contribution in [0.15, 0.2) is 53.4 Å². The molecule has 1 atom stereocenters. The Morgan fingerprint density at radius 1 is 0.897 bits per heavy atom. The first-order chi connectivity index (χ1) is 13.5. The van der Waals surface area contributed by atoms with Crippen LogP contribution in [0.4, 0.5) is 5.69 Å². The highest BCUT2D eigenvalue weighted by Gasteiger charge is 2.30. The molecule has 3 rings (SSSR count). The first-order valence-electron chi connectivity index (χ1n) is 9.58. The Labute approximate surface area is 172 Å². The summed E-state index contributed by atoms with van der Waals surface area (Å²) in [5.41, 5.74) is 2.47. The van der Waals surface area contributed by atoms with Crippen molar-refractivity contribution in [2.45, 2.75) is 56.9 Å². The van der Waals surface area contributed by atoms with Gasteiger partial charge in [-0.25, -0.2) is 13.1 Å². The van der Waals surface area contributed by atoms with Gasteiger partial charge in [0.25, 0.3) is 0 Å². The van der Waals surface area contributed by atoms with E-state index in [0.29, 0.717) is 5.69 Å². The van der Waals surface area contributed by atoms with Crippen LogP contribution in [0.25, 0.3) is 0 Å². The predicted molar refractivity (Wildman–Crippen MR) is 112 cm³/mol. The van der Waals surface area contributed by atoms with Crippen molar-refractivity contribution in [2.75, 3.05) is 4.90 Å². The summed E-state index contributed by atoms with van der Waals surface area (Å²) < 4.78 is 28.2. The molecule has 1 heterocycles. The molecular formula is C22H26N2O4S. The predicted octanol–water partition coefficient (Wildman–Crippen LogP) is 3.68. The molecule has 1 saturated heterocycles. The third-order valence-electron chi connectivity index (χ3n) is 5.07.